The van der Waals surface area contributed by atoms with E-state index < -0.39 is 28.0 Å². The van der Waals surface area contributed by atoms with Crippen molar-refractivity contribution in [1.29, 1.82) is 0 Å². The maximum absolute atomic E-state index is 10.3. The van der Waals surface area contributed by atoms with Gasteiger partial charge in [0.2, 0.25) is 0 Å². The van der Waals surface area contributed by atoms with E-state index in [1.54, 1.807) is 0 Å². The quantitative estimate of drug-likeness (QED) is 0.362. The molecule has 6 heteroatoms. The summed E-state index contributed by atoms with van der Waals surface area (Å²) in [7, 11) is -2.87. The van der Waals surface area contributed by atoms with Crippen LogP contribution >= 0.6 is 0 Å². The molecule has 0 heterocycles. The average molecular weight is 190 g/mol. The third-order valence-electron chi connectivity index (χ3n) is 1.27. The highest BCUT2D eigenvalue weighted by Gasteiger charge is 2.08. The summed E-state index contributed by atoms with van der Waals surface area (Å²) in [5.41, 5.74) is 0. The Morgan fingerprint density at radius 3 is 1.75 bits per heavy atom. The smallest absolute Gasteiger partial charge is 0.200 e. The Morgan fingerprint density at radius 1 is 1.00 bits per heavy atom. The zero-order valence-corrected chi connectivity index (χ0v) is 6.65. The van der Waals surface area contributed by atoms with E-state index in [-0.39, 0.29) is 4.90 Å². The number of thiol groups is 1. The average Bonchev–Trinajstić information content (AvgIpc) is 1.99. The summed E-state index contributed by atoms with van der Waals surface area (Å²) in [5, 5.41) is 26.5. The van der Waals surface area contributed by atoms with Crippen molar-refractivity contribution in [2.75, 3.05) is 0 Å². The number of benzene rings is 1. The first-order valence-electron chi connectivity index (χ1n) is 2.91. The predicted octanol–water partition coefficient (Wildman–Crippen LogP) is -0.226. The molecule has 0 spiro atoms. The van der Waals surface area contributed by atoms with Crippen molar-refractivity contribution in [2.45, 2.75) is 4.90 Å². The minimum absolute atomic E-state index is 0.252. The Morgan fingerprint density at radius 2 is 1.42 bits per heavy atom. The van der Waals surface area contributed by atoms with Gasteiger partial charge < -0.3 is 15.3 Å². The fourth-order valence-electron chi connectivity index (χ4n) is 0.695. The molecular formula is C6H6O5S. The normalized spacial score (nSPS) is 10.4. The first-order chi connectivity index (χ1) is 5.52. The topological polar surface area (TPSA) is 94.8 Å². The number of hydrogen-bond acceptors (Lipinski definition) is 5. The molecule has 1 aromatic rings. The van der Waals surface area contributed by atoms with Gasteiger partial charge in [0, 0.05) is 12.1 Å². The number of phenolic OH excluding ortho intramolecular Hbond substituents is 3. The maximum Gasteiger partial charge on any atom is 0.200 e. The van der Waals surface area contributed by atoms with Crippen LogP contribution in [-0.4, -0.2) is 23.7 Å². The summed E-state index contributed by atoms with van der Waals surface area (Å²) in [6.07, 6.45) is 0. The van der Waals surface area contributed by atoms with Crippen molar-refractivity contribution in [3.8, 4) is 17.2 Å². The molecule has 1 rings (SSSR count). The molecule has 66 valence electrons. The lowest BCUT2D eigenvalue weighted by Crippen LogP contribution is -1.80. The molecule has 0 aliphatic rings. The van der Waals surface area contributed by atoms with Gasteiger partial charge in [-0.25, -0.2) is 8.42 Å². The van der Waals surface area contributed by atoms with Gasteiger partial charge in [-0.3, -0.25) is 0 Å². The summed E-state index contributed by atoms with van der Waals surface area (Å²) in [6, 6.07) is 1.70. The van der Waals surface area contributed by atoms with Crippen LogP contribution in [0, 0.1) is 0 Å². The van der Waals surface area contributed by atoms with E-state index in [1.165, 1.54) is 0 Å². The Hall–Kier alpha value is -1.43. The van der Waals surface area contributed by atoms with Gasteiger partial charge in [-0.2, -0.15) is 0 Å². The number of hydrogen-bond donors (Lipinski definition) is 4. The Bertz CT molecular complexity index is 351. The van der Waals surface area contributed by atoms with E-state index in [2.05, 4.69) is 0 Å². The van der Waals surface area contributed by atoms with Crippen molar-refractivity contribution in [1.82, 2.24) is 0 Å². The second kappa shape index (κ2) is 2.90. The molecule has 0 aromatic heterocycles. The second-order valence-electron chi connectivity index (χ2n) is 2.09. The van der Waals surface area contributed by atoms with Gasteiger partial charge in [-0.05, 0) is 0 Å². The van der Waals surface area contributed by atoms with Crippen LogP contribution in [0.1, 0.15) is 0 Å². The summed E-state index contributed by atoms with van der Waals surface area (Å²) in [4.78, 5) is -0.252. The fraction of sp³-hybridized carbons (Fsp3) is 0. The summed E-state index contributed by atoms with van der Waals surface area (Å²) >= 11 is 0. The lowest BCUT2D eigenvalue weighted by atomic mass is 10.3. The van der Waals surface area contributed by atoms with Crippen LogP contribution in [0.4, 0.5) is 0 Å². The van der Waals surface area contributed by atoms with Crippen molar-refractivity contribution in [2.24, 2.45) is 0 Å². The van der Waals surface area contributed by atoms with Crippen LogP contribution < -0.4 is 0 Å². The third kappa shape index (κ3) is 1.42. The van der Waals surface area contributed by atoms with E-state index in [1.807, 2.05) is 0 Å². The highest BCUT2D eigenvalue weighted by atomic mass is 32.2. The minimum Gasteiger partial charge on any atom is -0.504 e. The van der Waals surface area contributed by atoms with E-state index in [4.69, 9.17) is 15.3 Å². The highest BCUT2D eigenvalue weighted by molar-refractivity contribution is 7.72. The Labute approximate surface area is 69.5 Å². The minimum atomic E-state index is -2.87. The first kappa shape index (κ1) is 8.66. The lowest BCUT2D eigenvalue weighted by molar-refractivity contribution is 0.366. The predicted molar refractivity (Wildman–Crippen MR) is 40.0 cm³/mol. The molecule has 0 unspecified atom stereocenters. The fourth-order valence-corrected chi connectivity index (χ4v) is 1.15. The number of rotatable bonds is 1. The van der Waals surface area contributed by atoms with E-state index in [0.29, 0.717) is 0 Å². The summed E-state index contributed by atoms with van der Waals surface area (Å²) in [6.45, 7) is 0. The van der Waals surface area contributed by atoms with Crippen LogP contribution in [-0.2, 0) is 10.7 Å². The van der Waals surface area contributed by atoms with Gasteiger partial charge in [0.25, 0.3) is 0 Å². The lowest BCUT2D eigenvalue weighted by Gasteiger charge is -2.00. The van der Waals surface area contributed by atoms with Gasteiger partial charge in [0.1, 0.15) is 0 Å². The molecule has 0 saturated heterocycles. The SMILES string of the molecule is O=[SH](=O)c1cc(O)c(O)c(O)c1. The molecule has 1 aromatic carbocycles. The van der Waals surface area contributed by atoms with Gasteiger partial charge in [0.05, 0.1) is 4.90 Å². The molecule has 0 radical (unpaired) electrons. The van der Waals surface area contributed by atoms with Gasteiger partial charge >= 0.3 is 0 Å². The number of phenols is 3. The van der Waals surface area contributed by atoms with Crippen molar-refractivity contribution >= 4 is 10.7 Å². The third-order valence-corrected chi connectivity index (χ3v) is 1.95. The molecule has 12 heavy (non-hydrogen) atoms. The highest BCUT2D eigenvalue weighted by Crippen LogP contribution is 2.35. The van der Waals surface area contributed by atoms with Gasteiger partial charge in [-0.15, -0.1) is 0 Å². The standard InChI is InChI=1S/C6H6O5S/c7-4-1-3(12(10)11)2-5(8)6(4)9/h1-2,7-9,12H. The van der Waals surface area contributed by atoms with Crippen LogP contribution in [0.25, 0.3) is 0 Å². The summed E-state index contributed by atoms with van der Waals surface area (Å²) in [5.74, 6) is -2.05. The van der Waals surface area contributed by atoms with Gasteiger partial charge in [0.15, 0.2) is 28.0 Å². The molecule has 5 nitrogen and oxygen atoms in total. The number of aromatic hydroxyl groups is 3. The molecular weight excluding hydrogens is 184 g/mol. The molecule has 0 aliphatic heterocycles. The van der Waals surface area contributed by atoms with Crippen molar-refractivity contribution in [3.05, 3.63) is 12.1 Å². The monoisotopic (exact) mass is 190 g/mol. The Kier molecular flexibility index (Phi) is 2.09. The summed E-state index contributed by atoms with van der Waals surface area (Å²) < 4.78 is 20.7. The second-order valence-corrected chi connectivity index (χ2v) is 3.12. The van der Waals surface area contributed by atoms with Crippen molar-refractivity contribution < 1.29 is 23.7 Å². The molecule has 0 fully saturated rings. The van der Waals surface area contributed by atoms with Crippen LogP contribution in [0.15, 0.2) is 17.0 Å². The molecule has 0 aliphatic carbocycles. The zero-order chi connectivity index (χ0) is 9.30. The maximum atomic E-state index is 10.3. The van der Waals surface area contributed by atoms with Crippen LogP contribution in [0.2, 0.25) is 0 Å². The van der Waals surface area contributed by atoms with E-state index in [0.717, 1.165) is 12.1 Å². The van der Waals surface area contributed by atoms with Gasteiger partial charge in [-0.1, -0.05) is 0 Å². The van der Waals surface area contributed by atoms with Crippen LogP contribution in [0.3, 0.4) is 0 Å². The molecule has 0 bridgehead atoms. The van der Waals surface area contributed by atoms with E-state index in [9.17, 15) is 8.42 Å². The molecule has 3 N–H and O–H groups in total. The Balaban J connectivity index is 3.40. The van der Waals surface area contributed by atoms with E-state index >= 15 is 0 Å². The molecule has 0 amide bonds. The largest absolute Gasteiger partial charge is 0.504 e. The molecule has 0 saturated carbocycles. The molecule has 0 atom stereocenters. The van der Waals surface area contributed by atoms with Crippen molar-refractivity contribution in [3.63, 3.8) is 0 Å². The van der Waals surface area contributed by atoms with Crippen LogP contribution in [0.5, 0.6) is 17.2 Å². The zero-order valence-electron chi connectivity index (χ0n) is 5.76. The first-order valence-corrected chi connectivity index (χ1v) is 4.09.